The first-order valence-electron chi connectivity index (χ1n) is 7.12. The van der Waals surface area contributed by atoms with Gasteiger partial charge in [0, 0.05) is 41.1 Å². The zero-order chi connectivity index (χ0) is 14.1. The number of aryl methyl sites for hydroxylation is 1. The second kappa shape index (κ2) is 6.62. The molecule has 0 aromatic carbocycles. The fourth-order valence-electron chi connectivity index (χ4n) is 2.52. The zero-order valence-corrected chi connectivity index (χ0v) is 13.7. The fourth-order valence-corrected chi connectivity index (χ4v) is 3.43. The standard InChI is InChI=1S/C14H21N5S.B/c1-4-15-12-11-10(2)9-20-13(11)17-14(16-12)19-7-5-18(3)6-8-19;/h9H,4-8H2,1-3H3,(H,15,16,17);. The highest BCUT2D eigenvalue weighted by Gasteiger charge is 2.19. The van der Waals surface area contributed by atoms with Gasteiger partial charge in [-0.25, -0.2) is 4.98 Å². The highest BCUT2D eigenvalue weighted by Crippen LogP contribution is 2.31. The van der Waals surface area contributed by atoms with E-state index < -0.39 is 0 Å². The van der Waals surface area contributed by atoms with Gasteiger partial charge in [0.05, 0.1) is 5.39 Å². The Morgan fingerprint density at radius 1 is 1.24 bits per heavy atom. The lowest BCUT2D eigenvalue weighted by atomic mass is 10.2. The van der Waals surface area contributed by atoms with Crippen LogP contribution in [0, 0.1) is 6.92 Å². The van der Waals surface area contributed by atoms with Gasteiger partial charge in [-0.3, -0.25) is 0 Å². The molecule has 0 amide bonds. The van der Waals surface area contributed by atoms with Gasteiger partial charge in [-0.1, -0.05) is 0 Å². The molecule has 1 fully saturated rings. The van der Waals surface area contributed by atoms with Crippen molar-refractivity contribution in [2.45, 2.75) is 13.8 Å². The minimum absolute atomic E-state index is 0. The smallest absolute Gasteiger partial charge is 0.228 e. The molecule has 1 saturated heterocycles. The van der Waals surface area contributed by atoms with E-state index >= 15 is 0 Å². The fraction of sp³-hybridized carbons (Fsp3) is 0.571. The highest BCUT2D eigenvalue weighted by atomic mass is 32.1. The Kier molecular flexibility index (Phi) is 5.06. The summed E-state index contributed by atoms with van der Waals surface area (Å²) in [7, 11) is 2.16. The third kappa shape index (κ3) is 3.13. The van der Waals surface area contributed by atoms with Crippen molar-refractivity contribution >= 4 is 41.7 Å². The summed E-state index contributed by atoms with van der Waals surface area (Å²) in [6, 6.07) is 0. The summed E-state index contributed by atoms with van der Waals surface area (Å²) in [5.41, 5.74) is 1.26. The SMILES string of the molecule is CCNc1nc(N2CCN(C)CC2)nc2scc(C)c12.[B]. The molecule has 7 heteroatoms. The Bertz CT molecular complexity index is 607. The van der Waals surface area contributed by atoms with E-state index in [1.54, 1.807) is 11.3 Å². The summed E-state index contributed by atoms with van der Waals surface area (Å²) in [6.45, 7) is 9.24. The maximum absolute atomic E-state index is 4.76. The Balaban J connectivity index is 0.00000161. The van der Waals surface area contributed by atoms with E-state index in [-0.39, 0.29) is 8.41 Å². The third-order valence-corrected chi connectivity index (χ3v) is 4.73. The lowest BCUT2D eigenvalue weighted by Gasteiger charge is -2.32. The molecule has 5 nitrogen and oxygen atoms in total. The van der Waals surface area contributed by atoms with E-state index in [9.17, 15) is 0 Å². The van der Waals surface area contributed by atoms with Gasteiger partial charge in [0.1, 0.15) is 10.6 Å². The van der Waals surface area contributed by atoms with Gasteiger partial charge >= 0.3 is 0 Å². The van der Waals surface area contributed by atoms with Crippen molar-refractivity contribution in [3.8, 4) is 0 Å². The summed E-state index contributed by atoms with van der Waals surface area (Å²) in [5.74, 6) is 1.84. The minimum Gasteiger partial charge on any atom is -0.370 e. The Hall–Kier alpha value is -1.34. The molecule has 2 aromatic rings. The Labute approximate surface area is 131 Å². The molecule has 111 valence electrons. The van der Waals surface area contributed by atoms with Crippen molar-refractivity contribution in [3.63, 3.8) is 0 Å². The van der Waals surface area contributed by atoms with Crippen LogP contribution in [0.5, 0.6) is 0 Å². The van der Waals surface area contributed by atoms with E-state index in [2.05, 4.69) is 41.4 Å². The lowest BCUT2D eigenvalue weighted by molar-refractivity contribution is 0.311. The maximum Gasteiger partial charge on any atom is 0.228 e. The van der Waals surface area contributed by atoms with Crippen LogP contribution in [-0.4, -0.2) is 63.1 Å². The Morgan fingerprint density at radius 2 is 1.95 bits per heavy atom. The first-order chi connectivity index (χ1) is 9.69. The molecule has 1 aliphatic heterocycles. The van der Waals surface area contributed by atoms with Crippen LogP contribution in [0.3, 0.4) is 0 Å². The van der Waals surface area contributed by atoms with Crippen molar-refractivity contribution in [1.82, 2.24) is 14.9 Å². The summed E-state index contributed by atoms with van der Waals surface area (Å²) >= 11 is 1.70. The molecule has 0 atom stereocenters. The predicted molar refractivity (Wildman–Crippen MR) is 91.8 cm³/mol. The number of hydrogen-bond acceptors (Lipinski definition) is 6. The van der Waals surface area contributed by atoms with Gasteiger partial charge in [0.25, 0.3) is 0 Å². The van der Waals surface area contributed by atoms with Crippen LogP contribution in [0.15, 0.2) is 5.38 Å². The average Bonchev–Trinajstić information content (AvgIpc) is 2.82. The third-order valence-electron chi connectivity index (χ3n) is 3.74. The molecule has 2 aromatic heterocycles. The molecular formula is C14H21BN5S. The first-order valence-corrected chi connectivity index (χ1v) is 8.00. The van der Waals surface area contributed by atoms with Crippen LogP contribution in [0.25, 0.3) is 10.2 Å². The predicted octanol–water partition coefficient (Wildman–Crippen LogP) is 1.80. The molecular weight excluding hydrogens is 281 g/mol. The van der Waals surface area contributed by atoms with Crippen molar-refractivity contribution in [2.75, 3.05) is 50.0 Å². The van der Waals surface area contributed by atoms with Gasteiger partial charge in [-0.05, 0) is 31.8 Å². The van der Waals surface area contributed by atoms with Crippen LogP contribution in [0.2, 0.25) is 0 Å². The van der Waals surface area contributed by atoms with E-state index in [4.69, 9.17) is 9.97 Å². The molecule has 3 heterocycles. The van der Waals surface area contributed by atoms with Crippen LogP contribution < -0.4 is 10.2 Å². The average molecular weight is 302 g/mol. The number of nitrogens with zero attached hydrogens (tertiary/aromatic N) is 4. The van der Waals surface area contributed by atoms with Crippen LogP contribution in [0.1, 0.15) is 12.5 Å². The molecule has 0 spiro atoms. The molecule has 3 rings (SSSR count). The second-order valence-electron chi connectivity index (χ2n) is 5.29. The van der Waals surface area contributed by atoms with E-state index in [0.29, 0.717) is 0 Å². The van der Waals surface area contributed by atoms with Gasteiger partial charge in [-0.15, -0.1) is 11.3 Å². The number of nitrogens with one attached hydrogen (secondary N) is 1. The Morgan fingerprint density at radius 3 is 2.62 bits per heavy atom. The summed E-state index contributed by atoms with van der Waals surface area (Å²) < 4.78 is 0. The van der Waals surface area contributed by atoms with Gasteiger partial charge in [0.2, 0.25) is 5.95 Å². The van der Waals surface area contributed by atoms with Gasteiger partial charge in [-0.2, -0.15) is 4.98 Å². The number of aromatic nitrogens is 2. The topological polar surface area (TPSA) is 44.3 Å². The lowest BCUT2D eigenvalue weighted by Crippen LogP contribution is -2.45. The molecule has 21 heavy (non-hydrogen) atoms. The zero-order valence-electron chi connectivity index (χ0n) is 12.9. The van der Waals surface area contributed by atoms with Crippen LogP contribution in [0.4, 0.5) is 11.8 Å². The van der Waals surface area contributed by atoms with Crippen molar-refractivity contribution < 1.29 is 0 Å². The monoisotopic (exact) mass is 302 g/mol. The molecule has 0 aliphatic carbocycles. The minimum atomic E-state index is 0. The van der Waals surface area contributed by atoms with Crippen molar-refractivity contribution in [2.24, 2.45) is 0 Å². The highest BCUT2D eigenvalue weighted by molar-refractivity contribution is 7.17. The number of anilines is 2. The number of piperazine rings is 1. The summed E-state index contributed by atoms with van der Waals surface area (Å²) in [5, 5.41) is 6.72. The number of thiophene rings is 1. The normalized spacial score (nSPS) is 16.0. The number of rotatable bonds is 3. The maximum atomic E-state index is 4.76. The summed E-state index contributed by atoms with van der Waals surface area (Å²) in [6.07, 6.45) is 0. The number of fused-ring (bicyclic) bond motifs is 1. The van der Waals surface area contributed by atoms with Crippen molar-refractivity contribution in [3.05, 3.63) is 10.9 Å². The van der Waals surface area contributed by atoms with E-state index in [1.807, 2.05) is 0 Å². The number of hydrogen-bond donors (Lipinski definition) is 1. The first kappa shape index (κ1) is 16.0. The summed E-state index contributed by atoms with van der Waals surface area (Å²) in [4.78, 5) is 15.2. The molecule has 0 bridgehead atoms. The van der Waals surface area contributed by atoms with Crippen molar-refractivity contribution in [1.29, 1.82) is 0 Å². The molecule has 0 unspecified atom stereocenters. The van der Waals surface area contributed by atoms with E-state index in [1.165, 1.54) is 10.9 Å². The van der Waals surface area contributed by atoms with Gasteiger partial charge in [0.15, 0.2) is 0 Å². The van der Waals surface area contributed by atoms with Crippen LogP contribution >= 0.6 is 11.3 Å². The molecule has 3 radical (unpaired) electrons. The molecule has 1 aliphatic rings. The largest absolute Gasteiger partial charge is 0.370 e. The second-order valence-corrected chi connectivity index (χ2v) is 6.15. The van der Waals surface area contributed by atoms with Gasteiger partial charge < -0.3 is 15.1 Å². The van der Waals surface area contributed by atoms with Crippen LogP contribution in [-0.2, 0) is 0 Å². The molecule has 1 N–H and O–H groups in total. The quantitative estimate of drug-likeness (QED) is 0.876. The molecule has 0 saturated carbocycles. The number of likely N-dealkylation sites (N-methyl/N-ethyl adjacent to an activating group) is 1. The van der Waals surface area contributed by atoms with E-state index in [0.717, 1.165) is 49.3 Å².